The van der Waals surface area contributed by atoms with Gasteiger partial charge in [-0.2, -0.15) is 26.3 Å². The summed E-state index contributed by atoms with van der Waals surface area (Å²) in [6.45, 7) is -1.16. The third-order valence-corrected chi connectivity index (χ3v) is 3.04. The van der Waals surface area contributed by atoms with Crippen molar-refractivity contribution < 1.29 is 50.6 Å². The molecule has 12 heteroatoms. The number of Topliss-reactive ketones (excluding diaryl/α,β-unsaturated/α-hetero) is 2. The van der Waals surface area contributed by atoms with Crippen molar-refractivity contribution in [1.82, 2.24) is 4.90 Å². The minimum absolute atomic E-state index is 0.245. The van der Waals surface area contributed by atoms with Gasteiger partial charge in [-0.1, -0.05) is 0 Å². The molecule has 1 atom stereocenters. The third kappa shape index (κ3) is 4.17. The smallest absolute Gasteiger partial charge is 0.450 e. The fourth-order valence-corrected chi connectivity index (χ4v) is 1.96. The number of hydrogen-bond donors (Lipinski definition) is 1. The number of piperidine rings is 1. The molecule has 0 radical (unpaired) electrons. The summed E-state index contributed by atoms with van der Waals surface area (Å²) < 4.78 is 79.6. The summed E-state index contributed by atoms with van der Waals surface area (Å²) in [5, 5.41) is 9.08. The second-order valence-electron chi connectivity index (χ2n) is 4.68. The summed E-state index contributed by atoms with van der Waals surface area (Å²) in [5.41, 5.74) is -1.51. The number of allylic oxidation sites excluding steroid dienone is 1. The maximum Gasteiger partial charge on any atom is 0.450 e. The molecule has 1 aliphatic rings. The highest BCUT2D eigenvalue weighted by molar-refractivity contribution is 6.13. The van der Waals surface area contributed by atoms with Crippen molar-refractivity contribution in [2.24, 2.45) is 5.92 Å². The van der Waals surface area contributed by atoms with Crippen LogP contribution >= 0.6 is 0 Å². The number of aliphatic hydroxyl groups is 1. The molecule has 0 spiro atoms. The van der Waals surface area contributed by atoms with Crippen molar-refractivity contribution in [2.45, 2.75) is 19.3 Å². The van der Waals surface area contributed by atoms with Gasteiger partial charge in [0.1, 0.15) is 5.92 Å². The van der Waals surface area contributed by atoms with Crippen molar-refractivity contribution >= 4 is 17.7 Å². The van der Waals surface area contributed by atoms with Gasteiger partial charge in [-0.15, -0.1) is 0 Å². The normalized spacial score (nSPS) is 21.5. The quantitative estimate of drug-likeness (QED) is 0.352. The summed E-state index contributed by atoms with van der Waals surface area (Å²) >= 11 is 0. The van der Waals surface area contributed by atoms with Crippen LogP contribution in [0.3, 0.4) is 0 Å². The molecular weight excluding hydrogens is 352 g/mol. The molecule has 0 bridgehead atoms. The fourth-order valence-electron chi connectivity index (χ4n) is 1.96. The van der Waals surface area contributed by atoms with Crippen molar-refractivity contribution in [1.29, 1.82) is 0 Å². The summed E-state index contributed by atoms with van der Waals surface area (Å²) in [4.78, 5) is 34.9. The van der Waals surface area contributed by atoms with Crippen molar-refractivity contribution in [3.63, 3.8) is 0 Å². The molecule has 0 aromatic heterocycles. The van der Waals surface area contributed by atoms with E-state index in [1.165, 1.54) is 6.92 Å². The predicted molar refractivity (Wildman–Crippen MR) is 63.9 cm³/mol. The van der Waals surface area contributed by atoms with E-state index >= 15 is 0 Å². The zero-order valence-electron chi connectivity index (χ0n) is 12.0. The van der Waals surface area contributed by atoms with Crippen molar-refractivity contribution in [3.8, 4) is 0 Å². The maximum absolute atomic E-state index is 12.5. The van der Waals surface area contributed by atoms with E-state index in [1.807, 2.05) is 0 Å². The van der Waals surface area contributed by atoms with E-state index in [1.54, 1.807) is 0 Å². The first kappa shape index (κ1) is 19.8. The van der Waals surface area contributed by atoms with Crippen LogP contribution in [0.4, 0.5) is 31.1 Å². The molecule has 6 nitrogen and oxygen atoms in total. The van der Waals surface area contributed by atoms with Crippen LogP contribution in [0.5, 0.6) is 0 Å². The largest absolute Gasteiger partial charge is 0.504 e. The molecule has 1 saturated heterocycles. The van der Waals surface area contributed by atoms with E-state index in [0.29, 0.717) is 4.90 Å². The molecule has 0 aromatic rings. The average molecular weight is 363 g/mol. The van der Waals surface area contributed by atoms with E-state index in [2.05, 4.69) is 4.74 Å². The molecule has 1 N–H and O–H groups in total. The number of alkyl halides is 6. The highest BCUT2D eigenvalue weighted by Gasteiger charge is 2.52. The van der Waals surface area contributed by atoms with Crippen molar-refractivity contribution in [3.05, 3.63) is 11.3 Å². The number of carbonyl (C=O) groups is 3. The Morgan fingerprint density at radius 3 is 2.17 bits per heavy atom. The molecular formula is C12H11F6NO5. The molecule has 0 aliphatic carbocycles. The summed E-state index contributed by atoms with van der Waals surface area (Å²) in [6.07, 6.45) is -12.3. The molecule has 136 valence electrons. The summed E-state index contributed by atoms with van der Waals surface area (Å²) in [7, 11) is 0. The highest BCUT2D eigenvalue weighted by atomic mass is 19.4. The SMILES string of the molecule is CCOC(=O)N1CC(=C(O)C(F)(F)F)C(=O)C(C(=O)C(F)(F)F)C1. The average Bonchev–Trinajstić information content (AvgIpc) is 2.44. The Bertz CT molecular complexity index is 579. The number of carbonyl (C=O) groups excluding carboxylic acids is 3. The molecule has 1 rings (SSSR count). The van der Waals surface area contributed by atoms with Crippen LogP contribution in [0.2, 0.25) is 0 Å². The molecule has 24 heavy (non-hydrogen) atoms. The maximum atomic E-state index is 12.5. The van der Waals surface area contributed by atoms with Gasteiger partial charge < -0.3 is 14.7 Å². The van der Waals surface area contributed by atoms with Gasteiger partial charge in [-0.05, 0) is 6.92 Å². The monoisotopic (exact) mass is 363 g/mol. The number of ketones is 2. The van der Waals surface area contributed by atoms with Crippen molar-refractivity contribution in [2.75, 3.05) is 19.7 Å². The number of rotatable bonds is 2. The summed E-state index contributed by atoms with van der Waals surface area (Å²) in [5.74, 6) is -9.52. The molecule has 1 heterocycles. The van der Waals surface area contributed by atoms with Crippen LogP contribution in [0.1, 0.15) is 6.92 Å². The molecule has 1 fully saturated rings. The zero-order valence-corrected chi connectivity index (χ0v) is 12.0. The highest BCUT2D eigenvalue weighted by Crippen LogP contribution is 2.32. The zero-order chi connectivity index (χ0) is 18.9. The van der Waals surface area contributed by atoms with E-state index in [9.17, 15) is 40.7 Å². The number of nitrogens with zero attached hydrogens (tertiary/aromatic N) is 1. The number of hydrogen-bond acceptors (Lipinski definition) is 5. The summed E-state index contributed by atoms with van der Waals surface area (Å²) in [6, 6.07) is 0. The van der Waals surface area contributed by atoms with Crippen LogP contribution in [0, 0.1) is 5.92 Å². The molecule has 1 amide bonds. The Morgan fingerprint density at radius 2 is 1.75 bits per heavy atom. The fraction of sp³-hybridized carbons (Fsp3) is 0.583. The minimum Gasteiger partial charge on any atom is -0.504 e. The molecule has 1 aliphatic heterocycles. The van der Waals surface area contributed by atoms with Gasteiger partial charge in [-0.25, -0.2) is 4.79 Å². The minimum atomic E-state index is -5.50. The lowest BCUT2D eigenvalue weighted by molar-refractivity contribution is -0.177. The Kier molecular flexibility index (Phi) is 5.51. The topological polar surface area (TPSA) is 83.9 Å². The van der Waals surface area contributed by atoms with Gasteiger partial charge >= 0.3 is 18.4 Å². The standard InChI is InChI=1S/C12H11F6NO5/c1-2-24-10(23)19-3-5(8(21)11(13,14)15)7(20)6(4-19)9(22)12(16,17)18/h5,22H,2-4H2,1H3. The number of halogens is 6. The van der Waals surface area contributed by atoms with Gasteiger partial charge in [-0.3, -0.25) is 9.59 Å². The Morgan fingerprint density at radius 1 is 1.21 bits per heavy atom. The van der Waals surface area contributed by atoms with Crippen LogP contribution < -0.4 is 0 Å². The molecule has 0 saturated carbocycles. The van der Waals surface area contributed by atoms with Gasteiger partial charge in [0, 0.05) is 6.54 Å². The first-order chi connectivity index (χ1) is 10.8. The lowest BCUT2D eigenvalue weighted by Gasteiger charge is -2.32. The first-order valence-corrected chi connectivity index (χ1v) is 6.36. The number of amides is 1. The van der Waals surface area contributed by atoms with Gasteiger partial charge in [0.25, 0.3) is 0 Å². The lowest BCUT2D eigenvalue weighted by atomic mass is 9.88. The Hall–Kier alpha value is -2.27. The number of ether oxygens (including phenoxy) is 1. The lowest BCUT2D eigenvalue weighted by Crippen LogP contribution is -2.51. The Labute approximate surface area is 130 Å². The third-order valence-electron chi connectivity index (χ3n) is 3.04. The Balaban J connectivity index is 3.34. The van der Waals surface area contributed by atoms with Gasteiger partial charge in [0.15, 0.2) is 5.78 Å². The van der Waals surface area contributed by atoms with Crippen LogP contribution in [0.15, 0.2) is 11.3 Å². The molecule has 1 unspecified atom stereocenters. The van der Waals surface area contributed by atoms with Gasteiger partial charge in [0.2, 0.25) is 11.5 Å². The number of aliphatic hydroxyl groups excluding tert-OH is 1. The van der Waals surface area contributed by atoms with Crippen LogP contribution in [-0.4, -0.2) is 59.7 Å². The predicted octanol–water partition coefficient (Wildman–Crippen LogP) is 2.15. The number of likely N-dealkylation sites (tertiary alicyclic amines) is 1. The van der Waals surface area contributed by atoms with E-state index in [-0.39, 0.29) is 6.61 Å². The van der Waals surface area contributed by atoms with Crippen LogP contribution in [-0.2, 0) is 14.3 Å². The van der Waals surface area contributed by atoms with E-state index in [0.717, 1.165) is 0 Å². The van der Waals surface area contributed by atoms with E-state index in [4.69, 9.17) is 5.11 Å². The first-order valence-electron chi connectivity index (χ1n) is 6.36. The second-order valence-corrected chi connectivity index (χ2v) is 4.68. The van der Waals surface area contributed by atoms with E-state index < -0.39 is 60.4 Å². The van der Waals surface area contributed by atoms with Crippen LogP contribution in [0.25, 0.3) is 0 Å². The van der Waals surface area contributed by atoms with Gasteiger partial charge in [0.05, 0.1) is 18.7 Å². The second kappa shape index (κ2) is 6.69. The molecule has 0 aromatic carbocycles.